The number of nitrogens with zero attached hydrogens (tertiary/aromatic N) is 2. The molecule has 0 radical (unpaired) electrons. The molecule has 1 heterocycles. The van der Waals surface area contributed by atoms with Crippen molar-refractivity contribution >= 4 is 17.6 Å². The Kier molecular flexibility index (Phi) is 5.65. The SMILES string of the molecule is C[C@@H](Oc1ccc(C#N)cc1)C(=O)O[C@H](C)C(=O)N1c2ccccc2C[C@@H]1C. The fourth-order valence-electron chi connectivity index (χ4n) is 3.28. The summed E-state index contributed by atoms with van der Waals surface area (Å²) in [7, 11) is 0. The summed E-state index contributed by atoms with van der Waals surface area (Å²) in [5.74, 6) is -0.425. The first kappa shape index (κ1) is 19.4. The largest absolute Gasteiger partial charge is 0.479 e. The molecule has 0 unspecified atom stereocenters. The zero-order valence-corrected chi connectivity index (χ0v) is 16.1. The Hall–Kier alpha value is -3.33. The van der Waals surface area contributed by atoms with Crippen molar-refractivity contribution in [1.82, 2.24) is 0 Å². The first-order valence-electron chi connectivity index (χ1n) is 9.19. The van der Waals surface area contributed by atoms with Gasteiger partial charge in [0.2, 0.25) is 0 Å². The van der Waals surface area contributed by atoms with Crippen molar-refractivity contribution < 1.29 is 19.1 Å². The lowest BCUT2D eigenvalue weighted by atomic mass is 10.1. The van der Waals surface area contributed by atoms with E-state index in [1.54, 1.807) is 43.0 Å². The second-order valence-corrected chi connectivity index (χ2v) is 6.87. The van der Waals surface area contributed by atoms with Gasteiger partial charge in [-0.05, 0) is 63.1 Å². The van der Waals surface area contributed by atoms with Crippen LogP contribution in [0.5, 0.6) is 5.75 Å². The van der Waals surface area contributed by atoms with Gasteiger partial charge in [-0.25, -0.2) is 4.79 Å². The van der Waals surface area contributed by atoms with Gasteiger partial charge < -0.3 is 14.4 Å². The Balaban J connectivity index is 1.61. The molecular weight excluding hydrogens is 356 g/mol. The normalized spacial score (nSPS) is 17.2. The molecule has 6 nitrogen and oxygen atoms in total. The molecule has 0 saturated carbocycles. The van der Waals surface area contributed by atoms with Crippen LogP contribution in [0.4, 0.5) is 5.69 Å². The number of esters is 1. The summed E-state index contributed by atoms with van der Waals surface area (Å²) in [5, 5.41) is 8.82. The van der Waals surface area contributed by atoms with Crippen molar-refractivity contribution in [3.63, 3.8) is 0 Å². The summed E-state index contributed by atoms with van der Waals surface area (Å²) < 4.78 is 10.9. The second kappa shape index (κ2) is 8.13. The predicted octanol–water partition coefficient (Wildman–Crippen LogP) is 3.24. The highest BCUT2D eigenvalue weighted by molar-refractivity contribution is 5.99. The molecule has 0 fully saturated rings. The molecule has 1 amide bonds. The summed E-state index contributed by atoms with van der Waals surface area (Å²) in [4.78, 5) is 26.9. The van der Waals surface area contributed by atoms with Crippen molar-refractivity contribution in [1.29, 1.82) is 5.26 Å². The highest BCUT2D eigenvalue weighted by Gasteiger charge is 2.35. The van der Waals surface area contributed by atoms with Gasteiger partial charge in [-0.2, -0.15) is 5.26 Å². The average molecular weight is 378 g/mol. The highest BCUT2D eigenvalue weighted by Crippen LogP contribution is 2.32. The molecule has 1 aliphatic heterocycles. The van der Waals surface area contributed by atoms with Gasteiger partial charge in [0.1, 0.15) is 5.75 Å². The van der Waals surface area contributed by atoms with Crippen molar-refractivity contribution in [2.75, 3.05) is 4.90 Å². The van der Waals surface area contributed by atoms with Crippen LogP contribution in [-0.4, -0.2) is 30.1 Å². The summed E-state index contributed by atoms with van der Waals surface area (Å²) >= 11 is 0. The lowest BCUT2D eigenvalue weighted by Crippen LogP contribution is -2.44. The van der Waals surface area contributed by atoms with Crippen LogP contribution in [0.2, 0.25) is 0 Å². The molecule has 0 aliphatic carbocycles. The van der Waals surface area contributed by atoms with Crippen molar-refractivity contribution in [2.45, 2.75) is 45.4 Å². The Labute approximate surface area is 164 Å². The average Bonchev–Trinajstić information content (AvgIpc) is 3.03. The molecule has 6 heteroatoms. The zero-order valence-electron chi connectivity index (χ0n) is 16.1. The standard InChI is InChI=1S/C22H22N2O4/c1-14-12-18-6-4-5-7-20(18)24(14)21(25)15(2)28-22(26)16(3)27-19-10-8-17(13-23)9-11-19/h4-11,14-16H,12H2,1-3H3/t14-,15+,16+/m0/s1. The van der Waals surface area contributed by atoms with Crippen molar-refractivity contribution in [3.8, 4) is 11.8 Å². The van der Waals surface area contributed by atoms with Crippen LogP contribution < -0.4 is 9.64 Å². The Bertz CT molecular complexity index is 917. The number of hydrogen-bond acceptors (Lipinski definition) is 5. The number of nitriles is 1. The monoisotopic (exact) mass is 378 g/mol. The van der Waals surface area contributed by atoms with E-state index in [0.717, 1.165) is 17.7 Å². The van der Waals surface area contributed by atoms with E-state index in [1.165, 1.54) is 0 Å². The minimum absolute atomic E-state index is 0.0124. The van der Waals surface area contributed by atoms with Gasteiger partial charge in [-0.3, -0.25) is 4.79 Å². The maximum Gasteiger partial charge on any atom is 0.347 e. The van der Waals surface area contributed by atoms with Crippen molar-refractivity contribution in [2.24, 2.45) is 0 Å². The Morgan fingerprint density at radius 1 is 1.11 bits per heavy atom. The zero-order chi connectivity index (χ0) is 20.3. The van der Waals surface area contributed by atoms with Crippen molar-refractivity contribution in [3.05, 3.63) is 59.7 Å². The van der Waals surface area contributed by atoms with E-state index in [0.29, 0.717) is 11.3 Å². The molecule has 0 saturated heterocycles. The Morgan fingerprint density at radius 2 is 1.79 bits per heavy atom. The fourth-order valence-corrected chi connectivity index (χ4v) is 3.28. The van der Waals surface area contributed by atoms with Gasteiger partial charge in [0.05, 0.1) is 11.6 Å². The Morgan fingerprint density at radius 3 is 2.46 bits per heavy atom. The molecule has 28 heavy (non-hydrogen) atoms. The number of benzene rings is 2. The molecule has 0 spiro atoms. The summed E-state index contributed by atoms with van der Waals surface area (Å²) in [6, 6.07) is 16.2. The molecule has 0 aromatic heterocycles. The smallest absolute Gasteiger partial charge is 0.347 e. The lowest BCUT2D eigenvalue weighted by molar-refractivity contribution is -0.160. The molecule has 0 bridgehead atoms. The molecule has 0 N–H and O–H groups in total. The molecule has 2 aromatic carbocycles. The number of rotatable bonds is 5. The first-order valence-corrected chi connectivity index (χ1v) is 9.19. The highest BCUT2D eigenvalue weighted by atomic mass is 16.6. The van der Waals surface area contributed by atoms with Crippen LogP contribution in [0.15, 0.2) is 48.5 Å². The quantitative estimate of drug-likeness (QED) is 0.746. The van der Waals surface area contributed by atoms with E-state index in [9.17, 15) is 9.59 Å². The van der Waals surface area contributed by atoms with Gasteiger partial charge >= 0.3 is 5.97 Å². The summed E-state index contributed by atoms with van der Waals surface area (Å²) in [6.45, 7) is 5.11. The minimum Gasteiger partial charge on any atom is -0.479 e. The van der Waals surface area contributed by atoms with Gasteiger partial charge in [0.15, 0.2) is 12.2 Å². The number of ether oxygens (including phenoxy) is 2. The third-order valence-corrected chi connectivity index (χ3v) is 4.71. The van der Waals surface area contributed by atoms with Crippen LogP contribution in [0.25, 0.3) is 0 Å². The van der Waals surface area contributed by atoms with E-state index in [2.05, 4.69) is 0 Å². The maximum absolute atomic E-state index is 12.9. The van der Waals surface area contributed by atoms with E-state index < -0.39 is 18.2 Å². The van der Waals surface area contributed by atoms with Gasteiger partial charge in [0.25, 0.3) is 5.91 Å². The number of para-hydroxylation sites is 1. The third kappa shape index (κ3) is 3.99. The number of amides is 1. The lowest BCUT2D eigenvalue weighted by Gasteiger charge is -2.26. The number of fused-ring (bicyclic) bond motifs is 1. The van der Waals surface area contributed by atoms with Crippen LogP contribution in [0.1, 0.15) is 31.9 Å². The first-order chi connectivity index (χ1) is 13.4. The second-order valence-electron chi connectivity index (χ2n) is 6.87. The number of carbonyl (C=O) groups excluding carboxylic acids is 2. The number of anilines is 1. The van der Waals surface area contributed by atoms with Crippen LogP contribution in [0, 0.1) is 11.3 Å². The molecule has 3 atom stereocenters. The van der Waals surface area contributed by atoms with E-state index in [1.807, 2.05) is 37.3 Å². The summed E-state index contributed by atoms with van der Waals surface area (Å²) in [6.07, 6.45) is -1.03. The van der Waals surface area contributed by atoms with Gasteiger partial charge in [-0.15, -0.1) is 0 Å². The predicted molar refractivity (Wildman–Crippen MR) is 104 cm³/mol. The summed E-state index contributed by atoms with van der Waals surface area (Å²) in [5.41, 5.74) is 2.48. The van der Waals surface area contributed by atoms with Crippen LogP contribution >= 0.6 is 0 Å². The number of carbonyl (C=O) groups is 2. The minimum atomic E-state index is -0.923. The molecule has 1 aliphatic rings. The molecule has 2 aromatic rings. The van der Waals surface area contributed by atoms with Crippen LogP contribution in [-0.2, 0) is 20.7 Å². The van der Waals surface area contributed by atoms with E-state index in [-0.39, 0.29) is 11.9 Å². The van der Waals surface area contributed by atoms with E-state index in [4.69, 9.17) is 14.7 Å². The van der Waals surface area contributed by atoms with Crippen LogP contribution in [0.3, 0.4) is 0 Å². The number of hydrogen-bond donors (Lipinski definition) is 0. The van der Waals surface area contributed by atoms with E-state index >= 15 is 0 Å². The van der Waals surface area contributed by atoms with Gasteiger partial charge in [-0.1, -0.05) is 18.2 Å². The third-order valence-electron chi connectivity index (χ3n) is 4.71. The fraction of sp³-hybridized carbons (Fsp3) is 0.318. The molecule has 3 rings (SSSR count). The van der Waals surface area contributed by atoms with Gasteiger partial charge in [0, 0.05) is 11.7 Å². The topological polar surface area (TPSA) is 79.6 Å². The molecular formula is C22H22N2O4. The maximum atomic E-state index is 12.9. The molecule has 144 valence electrons.